The number of non-ortho nitro benzene ring substituents is 1. The fourth-order valence-electron chi connectivity index (χ4n) is 3.06. The lowest BCUT2D eigenvalue weighted by atomic mass is 10.2. The van der Waals surface area contributed by atoms with Crippen molar-refractivity contribution in [3.63, 3.8) is 0 Å². The van der Waals surface area contributed by atoms with Gasteiger partial charge in [0.25, 0.3) is 15.7 Å². The molecule has 170 valence electrons. The highest BCUT2D eigenvalue weighted by Crippen LogP contribution is 2.28. The van der Waals surface area contributed by atoms with Gasteiger partial charge in [0.1, 0.15) is 10.0 Å². The van der Waals surface area contributed by atoms with Crippen molar-refractivity contribution in [2.75, 3.05) is 6.54 Å². The highest BCUT2D eigenvalue weighted by atomic mass is 35.5. The Morgan fingerprint density at radius 1 is 1.38 bits per heavy atom. The summed E-state index contributed by atoms with van der Waals surface area (Å²) in [7, 11) is -2.71. The summed E-state index contributed by atoms with van der Waals surface area (Å²) in [6.45, 7) is 2.92. The van der Waals surface area contributed by atoms with Gasteiger partial charge < -0.3 is 4.52 Å². The zero-order valence-electron chi connectivity index (χ0n) is 17.3. The highest BCUT2D eigenvalue weighted by molar-refractivity contribution is 7.89. The molecule has 0 radical (unpaired) electrons. The summed E-state index contributed by atoms with van der Waals surface area (Å²) in [6, 6.07) is 5.70. The van der Waals surface area contributed by atoms with Crippen LogP contribution < -0.4 is 0 Å². The monoisotopic (exact) mass is 482 g/mol. The van der Waals surface area contributed by atoms with E-state index in [-0.39, 0.29) is 52.5 Å². The van der Waals surface area contributed by atoms with Gasteiger partial charge in [0.15, 0.2) is 0 Å². The summed E-state index contributed by atoms with van der Waals surface area (Å²) in [5.41, 5.74) is 0.430. The molecule has 0 saturated heterocycles. The number of hydrogen-bond donors (Lipinski definition) is 0. The van der Waals surface area contributed by atoms with Crippen LogP contribution in [-0.2, 0) is 28.3 Å². The first kappa shape index (κ1) is 23.3. The molecule has 0 saturated carbocycles. The Hall–Kier alpha value is -3.32. The average Bonchev–Trinajstić information content (AvgIpc) is 3.31. The Morgan fingerprint density at radius 3 is 2.69 bits per heavy atom. The Labute approximate surface area is 188 Å². The molecule has 0 aliphatic heterocycles. The van der Waals surface area contributed by atoms with Crippen molar-refractivity contribution < 1.29 is 22.7 Å². The molecule has 2 heterocycles. The molecule has 3 aromatic rings. The first-order chi connectivity index (χ1) is 15.1. The molecule has 0 aliphatic rings. The number of nitro groups is 1. The minimum atomic E-state index is -4.21. The summed E-state index contributed by atoms with van der Waals surface area (Å²) in [5.74, 6) is -0.472. The highest BCUT2D eigenvalue weighted by Gasteiger charge is 2.33. The van der Waals surface area contributed by atoms with Crippen LogP contribution in [0.2, 0.25) is 5.15 Å². The van der Waals surface area contributed by atoms with Gasteiger partial charge in [-0.25, -0.2) is 12.7 Å². The molecule has 32 heavy (non-hydrogen) atoms. The number of aromatic nitrogens is 4. The average molecular weight is 483 g/mol. The molecule has 0 spiro atoms. The number of carbonyl (C=O) groups is 1. The first-order valence-corrected chi connectivity index (χ1v) is 11.2. The van der Waals surface area contributed by atoms with Crippen LogP contribution in [0.4, 0.5) is 5.69 Å². The molecule has 0 fully saturated rings. The molecule has 0 unspecified atom stereocenters. The maximum atomic E-state index is 13.0. The summed E-state index contributed by atoms with van der Waals surface area (Å²) < 4.78 is 33.1. The van der Waals surface area contributed by atoms with E-state index in [9.17, 15) is 23.3 Å². The second-order valence-corrected chi connectivity index (χ2v) is 8.87. The Kier molecular flexibility index (Phi) is 6.60. The standard InChI is InChI=1S/C18H19ClN6O6S/c1-4-24(32(29,30)16-11(2)21-23(3)17(16)19)15(26)9-8-14-20-18(22-31-14)12-6-5-7-13(10-12)25(27)28/h5-7,10H,4,8-9H2,1-3H3. The topological polar surface area (TPSA) is 154 Å². The van der Waals surface area contributed by atoms with Crippen LogP contribution in [0.1, 0.15) is 24.9 Å². The minimum Gasteiger partial charge on any atom is -0.339 e. The van der Waals surface area contributed by atoms with Crippen LogP contribution in [0.25, 0.3) is 11.4 Å². The Bertz CT molecular complexity index is 1280. The van der Waals surface area contributed by atoms with Gasteiger partial charge in [0.2, 0.25) is 17.6 Å². The number of nitrogens with zero attached hydrogens (tertiary/aromatic N) is 6. The predicted octanol–water partition coefficient (Wildman–Crippen LogP) is 2.51. The molecular weight excluding hydrogens is 464 g/mol. The summed E-state index contributed by atoms with van der Waals surface area (Å²) in [5, 5.41) is 18.6. The molecule has 1 aromatic carbocycles. The third kappa shape index (κ3) is 4.48. The molecule has 3 rings (SSSR count). The zero-order valence-corrected chi connectivity index (χ0v) is 18.9. The van der Waals surface area contributed by atoms with E-state index in [4.69, 9.17) is 16.1 Å². The number of rotatable bonds is 8. The van der Waals surface area contributed by atoms with Crippen molar-refractivity contribution in [2.24, 2.45) is 7.05 Å². The third-order valence-electron chi connectivity index (χ3n) is 4.55. The van der Waals surface area contributed by atoms with Gasteiger partial charge in [0, 0.05) is 44.1 Å². The number of nitro benzene ring substituents is 1. The van der Waals surface area contributed by atoms with E-state index < -0.39 is 20.9 Å². The molecule has 2 aromatic heterocycles. The number of halogens is 1. The van der Waals surface area contributed by atoms with Gasteiger partial charge >= 0.3 is 0 Å². The van der Waals surface area contributed by atoms with E-state index in [2.05, 4.69) is 15.2 Å². The first-order valence-electron chi connectivity index (χ1n) is 9.38. The van der Waals surface area contributed by atoms with E-state index >= 15 is 0 Å². The summed E-state index contributed by atoms with van der Waals surface area (Å²) in [4.78, 5) is 27.0. The van der Waals surface area contributed by atoms with Crippen molar-refractivity contribution in [2.45, 2.75) is 31.6 Å². The zero-order chi connectivity index (χ0) is 23.6. The fourth-order valence-corrected chi connectivity index (χ4v) is 5.21. The van der Waals surface area contributed by atoms with Crippen LogP contribution in [0, 0.1) is 17.0 Å². The molecule has 0 atom stereocenters. The quantitative estimate of drug-likeness (QED) is 0.347. The number of aryl methyl sites for hydroxylation is 3. The Balaban J connectivity index is 1.75. The van der Waals surface area contributed by atoms with Gasteiger partial charge in [-0.3, -0.25) is 19.6 Å². The molecule has 0 N–H and O–H groups in total. The van der Waals surface area contributed by atoms with Gasteiger partial charge in [0.05, 0.1) is 10.6 Å². The molecule has 0 bridgehead atoms. The van der Waals surface area contributed by atoms with Gasteiger partial charge in [-0.1, -0.05) is 28.9 Å². The van der Waals surface area contributed by atoms with Gasteiger partial charge in [-0.05, 0) is 13.8 Å². The smallest absolute Gasteiger partial charge is 0.271 e. The predicted molar refractivity (Wildman–Crippen MR) is 112 cm³/mol. The SMILES string of the molecule is CCN(C(=O)CCc1nc(-c2cccc([N+](=O)[O-])c2)no1)S(=O)(=O)c1c(C)nn(C)c1Cl. The van der Waals surface area contributed by atoms with Crippen molar-refractivity contribution >= 4 is 33.2 Å². The molecular formula is C18H19ClN6O6S. The Morgan fingerprint density at radius 2 is 2.09 bits per heavy atom. The van der Waals surface area contributed by atoms with Crippen LogP contribution >= 0.6 is 11.6 Å². The lowest BCUT2D eigenvalue weighted by Gasteiger charge is -2.20. The van der Waals surface area contributed by atoms with E-state index in [0.717, 1.165) is 4.31 Å². The van der Waals surface area contributed by atoms with Crippen LogP contribution in [0.3, 0.4) is 0 Å². The maximum absolute atomic E-state index is 13.0. The van der Waals surface area contributed by atoms with Crippen molar-refractivity contribution in [1.29, 1.82) is 0 Å². The lowest BCUT2D eigenvalue weighted by molar-refractivity contribution is -0.384. The summed E-state index contributed by atoms with van der Waals surface area (Å²) in [6.07, 6.45) is -0.243. The van der Waals surface area contributed by atoms with Gasteiger partial charge in [-0.2, -0.15) is 10.1 Å². The molecule has 14 heteroatoms. The normalized spacial score (nSPS) is 11.5. The van der Waals surface area contributed by atoms with Crippen LogP contribution in [-0.4, -0.2) is 50.0 Å². The maximum Gasteiger partial charge on any atom is 0.271 e. The number of hydrogen-bond acceptors (Lipinski definition) is 9. The summed E-state index contributed by atoms with van der Waals surface area (Å²) >= 11 is 6.08. The van der Waals surface area contributed by atoms with E-state index in [1.165, 1.54) is 43.8 Å². The molecule has 0 aliphatic carbocycles. The fraction of sp³-hybridized carbons (Fsp3) is 0.333. The largest absolute Gasteiger partial charge is 0.339 e. The number of carbonyl (C=O) groups excluding carboxylic acids is 1. The van der Waals surface area contributed by atoms with Crippen LogP contribution in [0.5, 0.6) is 0 Å². The second kappa shape index (κ2) is 9.04. The van der Waals surface area contributed by atoms with Crippen molar-refractivity contribution in [3.8, 4) is 11.4 Å². The van der Waals surface area contributed by atoms with E-state index in [0.29, 0.717) is 5.56 Å². The second-order valence-electron chi connectivity index (χ2n) is 6.71. The minimum absolute atomic E-state index is 0.0213. The van der Waals surface area contributed by atoms with Crippen LogP contribution in [0.15, 0.2) is 33.7 Å². The number of benzene rings is 1. The number of amides is 1. The third-order valence-corrected chi connectivity index (χ3v) is 7.14. The molecule has 1 amide bonds. The van der Waals surface area contributed by atoms with Crippen molar-refractivity contribution in [1.82, 2.24) is 24.2 Å². The van der Waals surface area contributed by atoms with Gasteiger partial charge in [-0.15, -0.1) is 0 Å². The van der Waals surface area contributed by atoms with E-state index in [1.807, 2.05) is 0 Å². The lowest BCUT2D eigenvalue weighted by Crippen LogP contribution is -2.37. The number of sulfonamides is 1. The van der Waals surface area contributed by atoms with E-state index in [1.54, 1.807) is 6.07 Å². The van der Waals surface area contributed by atoms with Crippen molar-refractivity contribution in [3.05, 3.63) is 51.1 Å². The molecule has 12 nitrogen and oxygen atoms in total.